The Morgan fingerprint density at radius 2 is 2.05 bits per heavy atom. The van der Waals surface area contributed by atoms with Gasteiger partial charge in [-0.2, -0.15) is 0 Å². The molecule has 0 saturated carbocycles. The molecule has 40 heavy (non-hydrogen) atoms. The van der Waals surface area contributed by atoms with Gasteiger partial charge in [-0.05, 0) is 40.0 Å². The fraction of sp³-hybridized carbons (Fsp3) is 0.519. The van der Waals surface area contributed by atoms with Crippen LogP contribution in [0.5, 0.6) is 5.75 Å². The lowest BCUT2D eigenvalue weighted by Crippen LogP contribution is -2.48. The maximum atomic E-state index is 12.0. The molecule has 0 bridgehead atoms. The largest absolute Gasteiger partial charge is 0.491 e. The fourth-order valence-corrected chi connectivity index (χ4v) is 5.10. The molecule has 0 amide bonds. The summed E-state index contributed by atoms with van der Waals surface area (Å²) in [6.07, 6.45) is 0.219. The van der Waals surface area contributed by atoms with Gasteiger partial charge in [0.25, 0.3) is 0 Å². The molecule has 2 atom stereocenters. The highest BCUT2D eigenvalue weighted by Gasteiger charge is 2.29. The number of ether oxygens (including phenoxy) is 2. The van der Waals surface area contributed by atoms with Gasteiger partial charge < -0.3 is 29.3 Å². The van der Waals surface area contributed by atoms with Gasteiger partial charge in [-0.15, -0.1) is 0 Å². The van der Waals surface area contributed by atoms with E-state index in [1.54, 1.807) is 14.1 Å². The van der Waals surface area contributed by atoms with Crippen molar-refractivity contribution in [1.82, 2.24) is 24.7 Å². The number of hydrogen-bond acceptors (Lipinski definition) is 11. The van der Waals surface area contributed by atoms with Crippen LogP contribution < -0.4 is 15.0 Å². The lowest BCUT2D eigenvalue weighted by atomic mass is 10.0. The average molecular weight is 575 g/mol. The number of morpholine rings is 1. The highest BCUT2D eigenvalue weighted by atomic mass is 32.2. The summed E-state index contributed by atoms with van der Waals surface area (Å²) in [5, 5.41) is 17.1. The van der Waals surface area contributed by atoms with Crippen LogP contribution in [-0.2, 0) is 14.8 Å². The Bertz CT molecular complexity index is 1410. The third-order valence-electron chi connectivity index (χ3n) is 6.83. The van der Waals surface area contributed by atoms with Crippen LogP contribution in [0.2, 0.25) is 0 Å². The van der Waals surface area contributed by atoms with Crippen LogP contribution in [0.25, 0.3) is 22.6 Å². The number of hydrogen-bond donors (Lipinski definition) is 2. The van der Waals surface area contributed by atoms with E-state index in [0.717, 1.165) is 28.2 Å². The zero-order valence-electron chi connectivity index (χ0n) is 23.8. The molecule has 13 heteroatoms. The molecule has 1 fully saturated rings. The van der Waals surface area contributed by atoms with Gasteiger partial charge in [0.1, 0.15) is 30.0 Å². The lowest BCUT2D eigenvalue weighted by Gasteiger charge is -2.36. The number of aryl methyl sites for hydroxylation is 2. The van der Waals surface area contributed by atoms with Gasteiger partial charge in [-0.3, -0.25) is 0 Å². The van der Waals surface area contributed by atoms with E-state index in [0.29, 0.717) is 49.3 Å². The van der Waals surface area contributed by atoms with E-state index in [4.69, 9.17) is 24.0 Å². The molecule has 12 nitrogen and oxygen atoms in total. The molecule has 3 aromatic rings. The van der Waals surface area contributed by atoms with Crippen molar-refractivity contribution in [3.63, 3.8) is 0 Å². The minimum Gasteiger partial charge on any atom is -0.491 e. The SMILES string of the molecule is CNCC(O)COc1cccc(-c2nc(-c3c(C)noc3C)c(C)c(N3CCO[C@@H](CN(C)S(C)(=O)=O)C3)n2)c1. The molecular formula is C27H38N6O6S. The third-order valence-corrected chi connectivity index (χ3v) is 8.11. The predicted octanol–water partition coefficient (Wildman–Crippen LogP) is 1.78. The van der Waals surface area contributed by atoms with E-state index >= 15 is 0 Å². The number of sulfonamides is 1. The van der Waals surface area contributed by atoms with Crippen molar-refractivity contribution in [2.45, 2.75) is 33.0 Å². The number of aromatic nitrogens is 3. The Morgan fingerprint density at radius 3 is 2.73 bits per heavy atom. The topological polar surface area (TPSA) is 143 Å². The van der Waals surface area contributed by atoms with Crippen molar-refractivity contribution >= 4 is 15.8 Å². The molecule has 2 N–H and O–H groups in total. The van der Waals surface area contributed by atoms with E-state index in [9.17, 15) is 13.5 Å². The van der Waals surface area contributed by atoms with Crippen LogP contribution in [-0.4, -0.2) is 105 Å². The average Bonchev–Trinajstić information content (AvgIpc) is 3.25. The van der Waals surface area contributed by atoms with Crippen molar-refractivity contribution in [2.24, 2.45) is 0 Å². The molecule has 0 spiro atoms. The van der Waals surface area contributed by atoms with E-state index < -0.39 is 16.1 Å². The maximum Gasteiger partial charge on any atom is 0.211 e. The molecule has 3 heterocycles. The molecule has 1 aliphatic heterocycles. The van der Waals surface area contributed by atoms with Crippen LogP contribution in [0.1, 0.15) is 17.0 Å². The van der Waals surface area contributed by atoms with E-state index in [-0.39, 0.29) is 19.3 Å². The first-order chi connectivity index (χ1) is 19.0. The standard InChI is InChI=1S/C27H38N6O6S/c1-17-25(24-18(2)31-39-19(24)3)29-26(20-8-7-9-22(12-20)38-16-21(34)13-28-4)30-27(17)33-10-11-37-23(15-33)14-32(5)40(6,35)36/h7-9,12,21,23,28,34H,10-11,13-16H2,1-6H3/t21?,23-/m0/s1. The van der Waals surface area contributed by atoms with Crippen LogP contribution in [0.3, 0.4) is 0 Å². The Hall–Kier alpha value is -3.10. The number of anilines is 1. The van der Waals surface area contributed by atoms with Crippen molar-refractivity contribution in [3.05, 3.63) is 41.3 Å². The van der Waals surface area contributed by atoms with Gasteiger partial charge in [0.05, 0.1) is 35.9 Å². The minimum atomic E-state index is -3.34. The monoisotopic (exact) mass is 574 g/mol. The van der Waals surface area contributed by atoms with Gasteiger partial charge in [-0.25, -0.2) is 22.7 Å². The summed E-state index contributed by atoms with van der Waals surface area (Å²) in [7, 11) is -0.0172. The normalized spacial score (nSPS) is 16.9. The number of aliphatic hydroxyl groups excluding tert-OH is 1. The Balaban J connectivity index is 1.73. The number of aliphatic hydroxyl groups is 1. The summed E-state index contributed by atoms with van der Waals surface area (Å²) in [4.78, 5) is 12.1. The predicted molar refractivity (Wildman–Crippen MR) is 152 cm³/mol. The quantitative estimate of drug-likeness (QED) is 0.346. The van der Waals surface area contributed by atoms with Crippen LogP contribution >= 0.6 is 0 Å². The highest BCUT2D eigenvalue weighted by molar-refractivity contribution is 7.88. The first-order valence-electron chi connectivity index (χ1n) is 13.1. The summed E-state index contributed by atoms with van der Waals surface area (Å²) in [5.74, 6) is 2.47. The van der Waals surface area contributed by atoms with Crippen molar-refractivity contribution in [1.29, 1.82) is 0 Å². The van der Waals surface area contributed by atoms with Crippen LogP contribution in [0.15, 0.2) is 28.8 Å². The zero-order valence-corrected chi connectivity index (χ0v) is 24.7. The first kappa shape index (κ1) is 29.9. The van der Waals surface area contributed by atoms with Gasteiger partial charge in [0.2, 0.25) is 10.0 Å². The number of rotatable bonds is 11. The van der Waals surface area contributed by atoms with Crippen molar-refractivity contribution in [2.75, 3.05) is 64.6 Å². The lowest BCUT2D eigenvalue weighted by molar-refractivity contribution is 0.0316. The summed E-state index contributed by atoms with van der Waals surface area (Å²) >= 11 is 0. The third kappa shape index (κ3) is 6.96. The second-order valence-corrected chi connectivity index (χ2v) is 12.2. The van der Waals surface area contributed by atoms with Gasteiger partial charge in [-0.1, -0.05) is 17.3 Å². The molecular weight excluding hydrogens is 536 g/mol. The second-order valence-electron chi connectivity index (χ2n) is 10.1. The molecule has 218 valence electrons. The number of benzene rings is 1. The van der Waals surface area contributed by atoms with Gasteiger partial charge in [0, 0.05) is 44.4 Å². The molecule has 1 aliphatic rings. The summed E-state index contributed by atoms with van der Waals surface area (Å²) in [6, 6.07) is 7.44. The molecule has 0 aliphatic carbocycles. The fourth-order valence-electron chi connectivity index (χ4n) is 4.66. The molecule has 2 aromatic heterocycles. The zero-order chi connectivity index (χ0) is 29.0. The van der Waals surface area contributed by atoms with Crippen LogP contribution in [0.4, 0.5) is 5.82 Å². The second kappa shape index (κ2) is 12.6. The van der Waals surface area contributed by atoms with Gasteiger partial charge >= 0.3 is 0 Å². The molecule has 1 unspecified atom stereocenters. The number of nitrogens with one attached hydrogen (secondary N) is 1. The molecule has 1 saturated heterocycles. The molecule has 1 aromatic carbocycles. The molecule has 4 rings (SSSR count). The molecule has 0 radical (unpaired) electrons. The van der Waals surface area contributed by atoms with E-state index in [2.05, 4.69) is 15.4 Å². The van der Waals surface area contributed by atoms with Crippen molar-refractivity contribution in [3.8, 4) is 28.4 Å². The van der Waals surface area contributed by atoms with Crippen LogP contribution in [0, 0.1) is 20.8 Å². The van der Waals surface area contributed by atoms with E-state index in [1.165, 1.54) is 10.6 Å². The minimum absolute atomic E-state index is 0.145. The first-order valence-corrected chi connectivity index (χ1v) is 15.0. The number of likely N-dealkylation sites (N-methyl/N-ethyl adjacent to an activating group) is 2. The highest BCUT2D eigenvalue weighted by Crippen LogP contribution is 2.35. The van der Waals surface area contributed by atoms with Gasteiger partial charge in [0.15, 0.2) is 5.82 Å². The number of nitrogens with zero attached hydrogens (tertiary/aromatic N) is 5. The Kier molecular flexibility index (Phi) is 9.41. The summed E-state index contributed by atoms with van der Waals surface area (Å²) in [5.41, 5.74) is 3.85. The van der Waals surface area contributed by atoms with E-state index in [1.807, 2.05) is 45.0 Å². The maximum absolute atomic E-state index is 12.0. The Labute approximate surface area is 235 Å². The smallest absolute Gasteiger partial charge is 0.211 e. The van der Waals surface area contributed by atoms with Crippen molar-refractivity contribution < 1.29 is 27.5 Å². The summed E-state index contributed by atoms with van der Waals surface area (Å²) < 4.78 is 42.5. The summed E-state index contributed by atoms with van der Waals surface area (Å²) in [6.45, 7) is 7.99. The Morgan fingerprint density at radius 1 is 1.27 bits per heavy atom.